The van der Waals surface area contributed by atoms with E-state index in [9.17, 15) is 4.79 Å². The number of nitrogens with zero attached hydrogens (tertiary/aromatic N) is 4. The standard InChI is InChI=1S/C18H31N5O2/c1-2-6-22-14-16(13-20-22)12-19-18(24)23-7-4-3-5-17(23)15-21-8-10-25-11-9-21/h13-14,17H,2-12,15H2,1H3,(H,19,24)/t17-/m0/s1. The van der Waals surface area contributed by atoms with E-state index in [0.717, 1.165) is 70.8 Å². The highest BCUT2D eigenvalue weighted by Crippen LogP contribution is 2.19. The average molecular weight is 349 g/mol. The quantitative estimate of drug-likeness (QED) is 0.849. The topological polar surface area (TPSA) is 62.6 Å². The lowest BCUT2D eigenvalue weighted by atomic mass is 10.0. The molecule has 2 saturated heterocycles. The molecule has 3 rings (SSSR count). The zero-order chi connectivity index (χ0) is 17.5. The number of amides is 2. The van der Waals surface area contributed by atoms with Crippen LogP contribution in [0, 0.1) is 0 Å². The number of ether oxygens (including phenoxy) is 1. The van der Waals surface area contributed by atoms with Gasteiger partial charge in [-0.1, -0.05) is 6.92 Å². The second-order valence-electron chi connectivity index (χ2n) is 7.03. The molecule has 3 heterocycles. The Labute approximate surface area is 150 Å². The zero-order valence-electron chi connectivity index (χ0n) is 15.3. The summed E-state index contributed by atoms with van der Waals surface area (Å²) in [5.74, 6) is 0. The molecule has 1 aromatic heterocycles. The molecule has 1 atom stereocenters. The van der Waals surface area contributed by atoms with Gasteiger partial charge in [-0.15, -0.1) is 0 Å². The van der Waals surface area contributed by atoms with E-state index in [1.807, 2.05) is 22.0 Å². The van der Waals surface area contributed by atoms with Gasteiger partial charge in [0.15, 0.2) is 0 Å². The van der Waals surface area contributed by atoms with Crippen molar-refractivity contribution in [2.24, 2.45) is 0 Å². The van der Waals surface area contributed by atoms with Gasteiger partial charge in [-0.2, -0.15) is 5.10 Å². The fourth-order valence-corrected chi connectivity index (χ4v) is 3.67. The van der Waals surface area contributed by atoms with Gasteiger partial charge in [-0.05, 0) is 25.7 Å². The van der Waals surface area contributed by atoms with E-state index < -0.39 is 0 Å². The number of likely N-dealkylation sites (tertiary alicyclic amines) is 1. The fourth-order valence-electron chi connectivity index (χ4n) is 3.67. The van der Waals surface area contributed by atoms with Gasteiger partial charge in [0.1, 0.15) is 0 Å². The second-order valence-corrected chi connectivity index (χ2v) is 7.03. The maximum Gasteiger partial charge on any atom is 0.317 e. The van der Waals surface area contributed by atoms with Crippen LogP contribution in [0.2, 0.25) is 0 Å². The highest BCUT2D eigenvalue weighted by Gasteiger charge is 2.28. The molecule has 25 heavy (non-hydrogen) atoms. The molecule has 0 aromatic carbocycles. The molecule has 0 saturated carbocycles. The van der Waals surface area contributed by atoms with Gasteiger partial charge in [0.25, 0.3) is 0 Å². The Morgan fingerprint density at radius 3 is 2.96 bits per heavy atom. The highest BCUT2D eigenvalue weighted by atomic mass is 16.5. The highest BCUT2D eigenvalue weighted by molar-refractivity contribution is 5.74. The molecule has 2 fully saturated rings. The van der Waals surface area contributed by atoms with Crippen LogP contribution in [0.15, 0.2) is 12.4 Å². The lowest BCUT2D eigenvalue weighted by molar-refractivity contribution is 0.0221. The van der Waals surface area contributed by atoms with Crippen LogP contribution in [0.25, 0.3) is 0 Å². The van der Waals surface area contributed by atoms with Gasteiger partial charge in [0, 0.05) is 57.1 Å². The maximum absolute atomic E-state index is 12.7. The van der Waals surface area contributed by atoms with Crippen molar-refractivity contribution in [1.82, 2.24) is 24.9 Å². The van der Waals surface area contributed by atoms with Gasteiger partial charge < -0.3 is 15.0 Å². The molecule has 1 aromatic rings. The minimum Gasteiger partial charge on any atom is -0.379 e. The van der Waals surface area contributed by atoms with Crippen molar-refractivity contribution in [3.8, 4) is 0 Å². The van der Waals surface area contributed by atoms with Gasteiger partial charge >= 0.3 is 6.03 Å². The van der Waals surface area contributed by atoms with Crippen LogP contribution < -0.4 is 5.32 Å². The lowest BCUT2D eigenvalue weighted by Crippen LogP contribution is -2.53. The molecule has 2 aliphatic rings. The predicted octanol–water partition coefficient (Wildman–Crippen LogP) is 1.69. The first kappa shape index (κ1) is 18.2. The predicted molar refractivity (Wildman–Crippen MR) is 96.4 cm³/mol. The fraction of sp³-hybridized carbons (Fsp3) is 0.778. The van der Waals surface area contributed by atoms with Gasteiger partial charge in [0.05, 0.1) is 19.4 Å². The number of aromatic nitrogens is 2. The van der Waals surface area contributed by atoms with Crippen molar-refractivity contribution in [3.63, 3.8) is 0 Å². The molecule has 1 N–H and O–H groups in total. The molecule has 0 spiro atoms. The Morgan fingerprint density at radius 2 is 2.16 bits per heavy atom. The number of urea groups is 1. The summed E-state index contributed by atoms with van der Waals surface area (Å²) in [4.78, 5) is 17.2. The number of aryl methyl sites for hydroxylation is 1. The summed E-state index contributed by atoms with van der Waals surface area (Å²) in [7, 11) is 0. The molecule has 7 nitrogen and oxygen atoms in total. The minimum atomic E-state index is 0.0567. The number of hydrogen-bond donors (Lipinski definition) is 1. The monoisotopic (exact) mass is 349 g/mol. The molecule has 0 unspecified atom stereocenters. The summed E-state index contributed by atoms with van der Waals surface area (Å²) < 4.78 is 7.36. The first-order valence-electron chi connectivity index (χ1n) is 9.62. The van der Waals surface area contributed by atoms with Crippen LogP contribution in [0.3, 0.4) is 0 Å². The largest absolute Gasteiger partial charge is 0.379 e. The van der Waals surface area contributed by atoms with E-state index >= 15 is 0 Å². The van der Waals surface area contributed by atoms with Gasteiger partial charge in [0.2, 0.25) is 0 Å². The summed E-state index contributed by atoms with van der Waals surface area (Å²) in [6, 6.07) is 0.371. The summed E-state index contributed by atoms with van der Waals surface area (Å²) in [6.07, 6.45) is 8.33. The Morgan fingerprint density at radius 1 is 1.32 bits per heavy atom. The molecular weight excluding hydrogens is 318 g/mol. The lowest BCUT2D eigenvalue weighted by Gasteiger charge is -2.39. The smallest absolute Gasteiger partial charge is 0.317 e. The number of hydrogen-bond acceptors (Lipinski definition) is 4. The van der Waals surface area contributed by atoms with Crippen molar-refractivity contribution in [2.45, 2.75) is 51.7 Å². The molecule has 2 amide bonds. The van der Waals surface area contributed by atoms with E-state index in [2.05, 4.69) is 22.2 Å². The van der Waals surface area contributed by atoms with E-state index in [-0.39, 0.29) is 6.03 Å². The first-order valence-corrected chi connectivity index (χ1v) is 9.62. The van der Waals surface area contributed by atoms with Crippen molar-refractivity contribution < 1.29 is 9.53 Å². The molecule has 7 heteroatoms. The summed E-state index contributed by atoms with van der Waals surface area (Å²) >= 11 is 0. The SMILES string of the molecule is CCCn1cc(CNC(=O)N2CCCC[C@H]2CN2CCOCC2)cn1. The van der Waals surface area contributed by atoms with E-state index in [1.165, 1.54) is 6.42 Å². The van der Waals surface area contributed by atoms with Crippen LogP contribution in [-0.2, 0) is 17.8 Å². The second kappa shape index (κ2) is 9.20. The van der Waals surface area contributed by atoms with Crippen molar-refractivity contribution in [2.75, 3.05) is 39.4 Å². The van der Waals surface area contributed by atoms with Gasteiger partial charge in [-0.25, -0.2) is 4.79 Å². The molecule has 0 radical (unpaired) electrons. The third kappa shape index (κ3) is 5.19. The Hall–Kier alpha value is -1.60. The van der Waals surface area contributed by atoms with Crippen LogP contribution in [0.1, 0.15) is 38.2 Å². The molecule has 140 valence electrons. The number of carbonyl (C=O) groups excluding carboxylic acids is 1. The minimum absolute atomic E-state index is 0.0567. The van der Waals surface area contributed by atoms with Crippen molar-refractivity contribution >= 4 is 6.03 Å². The maximum atomic E-state index is 12.7. The number of rotatable bonds is 6. The Balaban J connectivity index is 1.50. The number of morpholine rings is 1. The van der Waals surface area contributed by atoms with Crippen LogP contribution >= 0.6 is 0 Å². The molecule has 0 aliphatic carbocycles. The summed E-state index contributed by atoms with van der Waals surface area (Å²) in [5.41, 5.74) is 1.06. The van der Waals surface area contributed by atoms with E-state index in [1.54, 1.807) is 0 Å². The summed E-state index contributed by atoms with van der Waals surface area (Å²) in [6.45, 7) is 8.98. The summed E-state index contributed by atoms with van der Waals surface area (Å²) in [5, 5.41) is 7.40. The average Bonchev–Trinajstić information content (AvgIpc) is 3.09. The third-order valence-corrected chi connectivity index (χ3v) is 5.04. The zero-order valence-corrected chi connectivity index (χ0v) is 15.3. The van der Waals surface area contributed by atoms with Crippen molar-refractivity contribution in [1.29, 1.82) is 0 Å². The van der Waals surface area contributed by atoms with E-state index in [4.69, 9.17) is 4.74 Å². The number of carbonyl (C=O) groups is 1. The van der Waals surface area contributed by atoms with Crippen molar-refractivity contribution in [3.05, 3.63) is 18.0 Å². The normalized spacial score (nSPS) is 22.1. The molecular formula is C18H31N5O2. The van der Waals surface area contributed by atoms with E-state index in [0.29, 0.717) is 12.6 Å². The van der Waals surface area contributed by atoms with Crippen LogP contribution in [-0.4, -0.2) is 71.0 Å². The Bertz CT molecular complexity index is 541. The Kier molecular flexibility index (Phi) is 6.69. The molecule has 2 aliphatic heterocycles. The van der Waals surface area contributed by atoms with Crippen LogP contribution in [0.5, 0.6) is 0 Å². The third-order valence-electron chi connectivity index (χ3n) is 5.04. The molecule has 0 bridgehead atoms. The number of piperidine rings is 1. The first-order chi connectivity index (χ1) is 12.3. The number of nitrogens with one attached hydrogen (secondary N) is 1. The van der Waals surface area contributed by atoms with Gasteiger partial charge in [-0.3, -0.25) is 9.58 Å². The van der Waals surface area contributed by atoms with Crippen LogP contribution in [0.4, 0.5) is 4.79 Å².